The lowest BCUT2D eigenvalue weighted by atomic mass is 9.96. The fourth-order valence-electron chi connectivity index (χ4n) is 7.42. The van der Waals surface area contributed by atoms with Gasteiger partial charge in [-0.1, -0.05) is 38.3 Å². The molecule has 2 aromatic rings. The van der Waals surface area contributed by atoms with Crippen LogP contribution in [-0.4, -0.2) is 80.0 Å². The lowest BCUT2D eigenvalue weighted by Crippen LogP contribution is -3.00. The number of likely N-dealkylation sites (N-methyl/N-ethyl adjacent to an activating group) is 1. The van der Waals surface area contributed by atoms with Crippen LogP contribution in [0.1, 0.15) is 99.5 Å². The van der Waals surface area contributed by atoms with E-state index in [1.165, 1.54) is 6.42 Å². The number of halogens is 1. The van der Waals surface area contributed by atoms with Gasteiger partial charge in [0.05, 0.1) is 38.5 Å². The Hall–Kier alpha value is -2.75. The third-order valence-electron chi connectivity index (χ3n) is 10.3. The monoisotopic (exact) mass is 729 g/mol. The van der Waals surface area contributed by atoms with Crippen LogP contribution in [-0.2, 0) is 20.8 Å². The van der Waals surface area contributed by atoms with E-state index in [0.717, 1.165) is 128 Å². The number of Topliss-reactive ketones (excluding diaryl/α,β-unsaturated/α-hetero) is 1. The molecule has 48 heavy (non-hydrogen) atoms. The van der Waals surface area contributed by atoms with Crippen molar-refractivity contribution in [1.29, 1.82) is 0 Å². The number of hydrogen-bond acceptors (Lipinski definition) is 6. The second-order valence-corrected chi connectivity index (χ2v) is 13.6. The van der Waals surface area contributed by atoms with Gasteiger partial charge in [0.2, 0.25) is 5.91 Å². The molecule has 1 aliphatic rings. The van der Waals surface area contributed by atoms with Crippen molar-refractivity contribution in [2.45, 2.75) is 112 Å². The first-order valence-corrected chi connectivity index (χ1v) is 17.8. The first-order valence-electron chi connectivity index (χ1n) is 17.8. The molecule has 1 amide bonds. The number of unbranched alkanes of at least 4 members (excludes halogenated alkanes) is 4. The van der Waals surface area contributed by atoms with Gasteiger partial charge in [-0.3, -0.25) is 19.3 Å². The largest absolute Gasteiger partial charge is 1.00 e. The number of nitrogens with one attached hydrogen (secondary N) is 1. The molecule has 2 atom stereocenters. The van der Waals surface area contributed by atoms with Crippen LogP contribution in [0.2, 0.25) is 0 Å². The first-order chi connectivity index (χ1) is 22.6. The van der Waals surface area contributed by atoms with Crippen LogP contribution in [0.15, 0.2) is 24.3 Å². The van der Waals surface area contributed by atoms with Crippen LogP contribution in [0, 0.1) is 27.7 Å². The van der Waals surface area contributed by atoms with Crippen molar-refractivity contribution < 1.29 is 45.3 Å². The topological polar surface area (TPSA) is 84.9 Å². The number of hydrogen-bond donors (Lipinski definition) is 1. The Morgan fingerprint density at radius 1 is 0.917 bits per heavy atom. The van der Waals surface area contributed by atoms with Crippen LogP contribution in [0.5, 0.6) is 11.5 Å². The van der Waals surface area contributed by atoms with E-state index in [2.05, 4.69) is 44.0 Å². The van der Waals surface area contributed by atoms with Gasteiger partial charge in [-0.2, -0.15) is 0 Å². The predicted octanol–water partition coefficient (Wildman–Crippen LogP) is 4.27. The van der Waals surface area contributed by atoms with Crippen LogP contribution in [0.3, 0.4) is 0 Å². The molecule has 9 heteroatoms. The number of anilines is 1. The SMILES string of the molecule is CCC[N+](CC)(CCCCCCCN1CCCC[C@@H]1C(=O)Nc1c(C)ccc(OC=O)c1C)CC(=O)Cc1c(C)ccc(OC)c1C.[Br-]. The van der Waals surface area contributed by atoms with E-state index in [9.17, 15) is 14.4 Å². The van der Waals surface area contributed by atoms with Gasteiger partial charge < -0.3 is 36.3 Å². The lowest BCUT2D eigenvalue weighted by molar-refractivity contribution is -0.919. The minimum Gasteiger partial charge on any atom is -1.00 e. The first kappa shape index (κ1) is 41.4. The summed E-state index contributed by atoms with van der Waals surface area (Å²) >= 11 is 0. The number of ketones is 1. The zero-order valence-corrected chi connectivity index (χ0v) is 32.2. The third kappa shape index (κ3) is 11.4. The van der Waals surface area contributed by atoms with Gasteiger partial charge in [0.1, 0.15) is 18.0 Å². The zero-order valence-electron chi connectivity index (χ0n) is 30.6. The average molecular weight is 731 g/mol. The highest BCUT2D eigenvalue weighted by atomic mass is 79.9. The fourth-order valence-corrected chi connectivity index (χ4v) is 7.42. The second kappa shape index (κ2) is 20.7. The number of rotatable bonds is 20. The summed E-state index contributed by atoms with van der Waals surface area (Å²) in [5.41, 5.74) is 5.79. The van der Waals surface area contributed by atoms with Gasteiger partial charge in [0.25, 0.3) is 6.47 Å². The lowest BCUT2D eigenvalue weighted by Gasteiger charge is -2.37. The van der Waals surface area contributed by atoms with Crippen LogP contribution in [0.25, 0.3) is 0 Å². The third-order valence-corrected chi connectivity index (χ3v) is 10.3. The summed E-state index contributed by atoms with van der Waals surface area (Å²) < 4.78 is 11.5. The molecule has 268 valence electrons. The number of benzene rings is 2. The summed E-state index contributed by atoms with van der Waals surface area (Å²) in [7, 11) is 1.69. The fraction of sp³-hybridized carbons (Fsp3) is 0.615. The summed E-state index contributed by atoms with van der Waals surface area (Å²) in [4.78, 5) is 40.1. The van der Waals surface area contributed by atoms with E-state index in [4.69, 9.17) is 9.47 Å². The van der Waals surface area contributed by atoms with Crippen molar-refractivity contribution in [2.24, 2.45) is 0 Å². The standard InChI is InChI=1S/C39H59N3O5.BrH/c1-8-24-42(9-2,27-33(44)26-34-29(3)18-20-36(46-7)31(34)5)25-16-12-10-11-14-22-41-23-15-13-17-35(41)39(45)40-38-30(4)19-21-37(32(38)6)47-28-43;/h18-21,28,35H,8-17,22-27H2,1-7H3;1H/t35-,42?;/m1./s1. The molecule has 8 nitrogen and oxygen atoms in total. The average Bonchev–Trinajstić information content (AvgIpc) is 3.06. The minimum atomic E-state index is -0.142. The second-order valence-electron chi connectivity index (χ2n) is 13.6. The highest BCUT2D eigenvalue weighted by Crippen LogP contribution is 2.30. The summed E-state index contributed by atoms with van der Waals surface area (Å²) in [5, 5.41) is 3.15. The Labute approximate surface area is 300 Å². The highest BCUT2D eigenvalue weighted by Gasteiger charge is 2.30. The molecule has 1 unspecified atom stereocenters. The van der Waals surface area contributed by atoms with Crippen LogP contribution < -0.4 is 31.8 Å². The smallest absolute Gasteiger partial charge is 0.298 e. The number of likely N-dealkylation sites (tertiary alicyclic amines) is 1. The van der Waals surface area contributed by atoms with Crippen molar-refractivity contribution >= 4 is 23.9 Å². The van der Waals surface area contributed by atoms with E-state index in [0.29, 0.717) is 31.0 Å². The molecule has 0 radical (unpaired) electrons. The molecule has 1 fully saturated rings. The molecule has 2 aromatic carbocycles. The molecular formula is C39H60BrN3O5. The van der Waals surface area contributed by atoms with Crippen molar-refractivity contribution in [1.82, 2.24) is 4.90 Å². The van der Waals surface area contributed by atoms with Gasteiger partial charge >= 0.3 is 0 Å². The molecule has 1 saturated heterocycles. The maximum Gasteiger partial charge on any atom is 0.298 e. The van der Waals surface area contributed by atoms with Crippen molar-refractivity contribution in [3.8, 4) is 11.5 Å². The molecule has 3 rings (SSSR count). The number of quaternary nitrogens is 1. The van der Waals surface area contributed by atoms with Gasteiger partial charge in [0.15, 0.2) is 5.78 Å². The molecule has 1 N–H and O–H groups in total. The minimum absolute atomic E-state index is 0. The van der Waals surface area contributed by atoms with Gasteiger partial charge in [0, 0.05) is 12.0 Å². The van der Waals surface area contributed by atoms with E-state index < -0.39 is 0 Å². The maximum atomic E-state index is 13.4. The van der Waals surface area contributed by atoms with Crippen molar-refractivity contribution in [3.05, 3.63) is 52.1 Å². The van der Waals surface area contributed by atoms with Crippen LogP contribution in [0.4, 0.5) is 5.69 Å². The van der Waals surface area contributed by atoms with E-state index >= 15 is 0 Å². The molecule has 0 saturated carbocycles. The van der Waals surface area contributed by atoms with E-state index in [1.807, 2.05) is 26.0 Å². The van der Waals surface area contributed by atoms with Crippen molar-refractivity contribution in [3.63, 3.8) is 0 Å². The van der Waals surface area contributed by atoms with Crippen molar-refractivity contribution in [2.75, 3.05) is 51.7 Å². The number of ether oxygens (including phenoxy) is 2. The Kier molecular flexibility index (Phi) is 17.9. The molecular weight excluding hydrogens is 670 g/mol. The summed E-state index contributed by atoms with van der Waals surface area (Å²) in [5.74, 6) is 1.65. The summed E-state index contributed by atoms with van der Waals surface area (Å²) in [6.07, 6.45) is 10.2. The Bertz CT molecular complexity index is 1350. The summed E-state index contributed by atoms with van der Waals surface area (Å²) in [6, 6.07) is 7.53. The van der Waals surface area contributed by atoms with Gasteiger partial charge in [-0.25, -0.2) is 0 Å². The number of amides is 1. The molecule has 1 aliphatic heterocycles. The molecule has 0 spiro atoms. The number of piperidine rings is 1. The Morgan fingerprint density at radius 2 is 1.60 bits per heavy atom. The van der Waals surface area contributed by atoms with Crippen LogP contribution >= 0.6 is 0 Å². The molecule has 0 aliphatic carbocycles. The number of nitrogens with zero attached hydrogens (tertiary/aromatic N) is 2. The summed E-state index contributed by atoms with van der Waals surface area (Å²) in [6.45, 7) is 18.3. The number of carbonyl (C=O) groups excluding carboxylic acids is 3. The van der Waals surface area contributed by atoms with Gasteiger partial charge in [-0.15, -0.1) is 0 Å². The normalized spacial score (nSPS) is 16.0. The zero-order chi connectivity index (χ0) is 34.4. The van der Waals surface area contributed by atoms with E-state index in [-0.39, 0.29) is 28.9 Å². The van der Waals surface area contributed by atoms with E-state index in [1.54, 1.807) is 13.2 Å². The maximum absolute atomic E-state index is 13.4. The Balaban J connectivity index is 0.00000800. The quantitative estimate of drug-likeness (QED) is 0.125. The van der Waals surface area contributed by atoms with Gasteiger partial charge in [-0.05, 0) is 121 Å². The molecule has 1 heterocycles. The molecule has 0 bridgehead atoms. The number of methoxy groups -OCH3 is 1. The number of aryl methyl sites for hydroxylation is 2. The highest BCUT2D eigenvalue weighted by molar-refractivity contribution is 5.96. The number of carbonyl (C=O) groups is 3. The predicted molar refractivity (Wildman–Crippen MR) is 190 cm³/mol. The molecule has 0 aromatic heterocycles. The Morgan fingerprint density at radius 3 is 2.29 bits per heavy atom.